The third-order valence-electron chi connectivity index (χ3n) is 2.30. The van der Waals surface area contributed by atoms with Crippen molar-refractivity contribution >= 4 is 28.1 Å². The van der Waals surface area contributed by atoms with Gasteiger partial charge in [-0.05, 0) is 20.8 Å². The third-order valence-corrected chi connectivity index (χ3v) is 3.06. The molecule has 0 bridgehead atoms. The molecular weight excluding hydrogens is 242 g/mol. The summed E-state index contributed by atoms with van der Waals surface area (Å²) in [5.74, 6) is -0.278. The van der Waals surface area contributed by atoms with Gasteiger partial charge in [-0.15, -0.1) is 11.3 Å². The topological polar surface area (TPSA) is 83.8 Å². The largest absolute Gasteiger partial charge is 0.411 e. The number of carbonyl (C=O) groups excluding carboxylic acids is 1. The molecule has 6 nitrogen and oxygen atoms in total. The Morgan fingerprint density at radius 1 is 1.65 bits per heavy atom. The van der Waals surface area contributed by atoms with Crippen molar-refractivity contribution in [3.63, 3.8) is 0 Å². The zero-order chi connectivity index (χ0) is 13.1. The number of amides is 1. The number of aromatic nitrogens is 1. The number of hydrogen-bond donors (Lipinski definition) is 2. The monoisotopic (exact) mass is 257 g/mol. The number of methoxy groups -OCH3 is 1. The molecule has 0 aliphatic rings. The van der Waals surface area contributed by atoms with E-state index in [0.717, 1.165) is 0 Å². The van der Waals surface area contributed by atoms with Crippen molar-refractivity contribution in [2.24, 2.45) is 5.16 Å². The van der Waals surface area contributed by atoms with Crippen LogP contribution in [0.15, 0.2) is 10.5 Å². The van der Waals surface area contributed by atoms with Crippen LogP contribution < -0.4 is 5.32 Å². The van der Waals surface area contributed by atoms with Crippen LogP contribution in [0.3, 0.4) is 0 Å². The number of rotatable bonds is 4. The third kappa shape index (κ3) is 3.24. The molecule has 0 atom stereocenters. The summed E-state index contributed by atoms with van der Waals surface area (Å²) in [6.45, 7) is 4.95. The fourth-order valence-electron chi connectivity index (χ4n) is 0.889. The van der Waals surface area contributed by atoms with Crippen molar-refractivity contribution in [3.8, 4) is 0 Å². The molecule has 1 rings (SSSR count). The molecule has 1 aromatic heterocycles. The van der Waals surface area contributed by atoms with Gasteiger partial charge in [-0.25, -0.2) is 4.98 Å². The maximum atomic E-state index is 11.8. The van der Waals surface area contributed by atoms with Crippen molar-refractivity contribution in [1.29, 1.82) is 0 Å². The van der Waals surface area contributed by atoms with Gasteiger partial charge in [-0.2, -0.15) is 0 Å². The first-order valence-electron chi connectivity index (χ1n) is 4.92. The maximum Gasteiger partial charge on any atom is 0.257 e. The molecule has 1 heterocycles. The van der Waals surface area contributed by atoms with E-state index in [4.69, 9.17) is 9.94 Å². The van der Waals surface area contributed by atoms with E-state index in [1.165, 1.54) is 18.4 Å². The Kier molecular flexibility index (Phi) is 4.19. The number of nitrogens with one attached hydrogen (secondary N) is 1. The van der Waals surface area contributed by atoms with Crippen molar-refractivity contribution in [3.05, 3.63) is 11.1 Å². The summed E-state index contributed by atoms with van der Waals surface area (Å²) in [6.07, 6.45) is 0. The van der Waals surface area contributed by atoms with Gasteiger partial charge in [0.15, 0.2) is 5.13 Å². The normalized spacial score (nSPS) is 12.6. The fraction of sp³-hybridized carbons (Fsp3) is 0.500. The predicted octanol–water partition coefficient (Wildman–Crippen LogP) is 1.70. The summed E-state index contributed by atoms with van der Waals surface area (Å²) < 4.78 is 5.05. The maximum absolute atomic E-state index is 11.8. The molecule has 0 aliphatic heterocycles. The van der Waals surface area contributed by atoms with Crippen LogP contribution in [0.2, 0.25) is 0 Å². The standard InChI is InChI=1S/C10H15N3O3S/c1-6(13-15)7-5-17-9(11-7)12-8(14)10(2,3)16-4/h5,15H,1-4H3,(H,11,12,14). The highest BCUT2D eigenvalue weighted by Gasteiger charge is 2.27. The molecule has 0 unspecified atom stereocenters. The van der Waals surface area contributed by atoms with Crippen molar-refractivity contribution in [1.82, 2.24) is 4.98 Å². The lowest BCUT2D eigenvalue weighted by Gasteiger charge is -2.20. The number of carbonyl (C=O) groups is 1. The zero-order valence-corrected chi connectivity index (χ0v) is 11.0. The van der Waals surface area contributed by atoms with E-state index < -0.39 is 5.60 Å². The molecule has 0 spiro atoms. The number of thiazole rings is 1. The molecule has 1 aromatic rings. The molecule has 0 fully saturated rings. The van der Waals surface area contributed by atoms with E-state index >= 15 is 0 Å². The van der Waals surface area contributed by atoms with E-state index in [-0.39, 0.29) is 5.91 Å². The molecule has 94 valence electrons. The van der Waals surface area contributed by atoms with E-state index in [1.54, 1.807) is 26.2 Å². The second-order valence-corrected chi connectivity index (χ2v) is 4.75. The van der Waals surface area contributed by atoms with Crippen LogP contribution in [0.5, 0.6) is 0 Å². The Morgan fingerprint density at radius 2 is 2.29 bits per heavy atom. The second-order valence-electron chi connectivity index (χ2n) is 3.89. The highest BCUT2D eigenvalue weighted by Crippen LogP contribution is 2.18. The van der Waals surface area contributed by atoms with Gasteiger partial charge in [0.1, 0.15) is 17.0 Å². The summed E-state index contributed by atoms with van der Waals surface area (Å²) in [4.78, 5) is 15.9. The van der Waals surface area contributed by atoms with Gasteiger partial charge in [-0.3, -0.25) is 10.1 Å². The first-order valence-corrected chi connectivity index (χ1v) is 5.80. The Balaban J connectivity index is 2.77. The van der Waals surface area contributed by atoms with Gasteiger partial charge < -0.3 is 9.94 Å². The number of nitrogens with zero attached hydrogens (tertiary/aromatic N) is 2. The van der Waals surface area contributed by atoms with Crippen LogP contribution >= 0.6 is 11.3 Å². The highest BCUT2D eigenvalue weighted by atomic mass is 32.1. The number of ether oxygens (including phenoxy) is 1. The lowest BCUT2D eigenvalue weighted by Crippen LogP contribution is -2.38. The van der Waals surface area contributed by atoms with Gasteiger partial charge in [0, 0.05) is 12.5 Å². The molecule has 2 N–H and O–H groups in total. The quantitative estimate of drug-likeness (QED) is 0.488. The minimum atomic E-state index is -0.911. The minimum Gasteiger partial charge on any atom is -0.411 e. The number of oxime groups is 1. The van der Waals surface area contributed by atoms with Gasteiger partial charge >= 0.3 is 0 Å². The summed E-state index contributed by atoms with van der Waals surface area (Å²) in [5, 5.41) is 16.4. The molecule has 1 amide bonds. The Hall–Kier alpha value is -1.47. The number of anilines is 1. The van der Waals surface area contributed by atoms with Crippen LogP contribution in [-0.2, 0) is 9.53 Å². The average molecular weight is 257 g/mol. The molecule has 0 saturated heterocycles. The lowest BCUT2D eigenvalue weighted by atomic mass is 10.1. The lowest BCUT2D eigenvalue weighted by molar-refractivity contribution is -0.133. The van der Waals surface area contributed by atoms with Gasteiger partial charge in [0.25, 0.3) is 5.91 Å². The summed E-state index contributed by atoms with van der Waals surface area (Å²) in [6, 6.07) is 0. The van der Waals surface area contributed by atoms with E-state index in [2.05, 4.69) is 15.5 Å². The van der Waals surface area contributed by atoms with E-state index in [0.29, 0.717) is 16.5 Å². The van der Waals surface area contributed by atoms with Gasteiger partial charge in [0.2, 0.25) is 0 Å². The zero-order valence-electron chi connectivity index (χ0n) is 10.1. The van der Waals surface area contributed by atoms with Crippen LogP contribution in [-0.4, -0.2) is 34.5 Å². The highest BCUT2D eigenvalue weighted by molar-refractivity contribution is 7.14. The fourth-order valence-corrected chi connectivity index (χ4v) is 1.64. The van der Waals surface area contributed by atoms with Crippen molar-refractivity contribution in [2.75, 3.05) is 12.4 Å². The van der Waals surface area contributed by atoms with Crippen molar-refractivity contribution < 1.29 is 14.7 Å². The van der Waals surface area contributed by atoms with Crippen LogP contribution in [0.25, 0.3) is 0 Å². The minimum absolute atomic E-state index is 0.278. The summed E-state index contributed by atoms with van der Waals surface area (Å²) in [7, 11) is 1.47. The Labute approximate surface area is 103 Å². The molecule has 0 aliphatic carbocycles. The first kappa shape index (κ1) is 13.6. The van der Waals surface area contributed by atoms with E-state index in [1.807, 2.05) is 0 Å². The SMILES string of the molecule is COC(C)(C)C(=O)Nc1nc(C(C)=NO)cs1. The first-order chi connectivity index (χ1) is 7.90. The Bertz CT molecular complexity index is 440. The molecular formula is C10H15N3O3S. The Morgan fingerprint density at radius 3 is 2.82 bits per heavy atom. The van der Waals surface area contributed by atoms with E-state index in [9.17, 15) is 4.79 Å². The summed E-state index contributed by atoms with van der Waals surface area (Å²) in [5.41, 5.74) is 0.0159. The average Bonchev–Trinajstić information content (AvgIpc) is 2.76. The second kappa shape index (κ2) is 5.24. The summed E-state index contributed by atoms with van der Waals surface area (Å²) >= 11 is 1.26. The van der Waals surface area contributed by atoms with Crippen LogP contribution in [0.4, 0.5) is 5.13 Å². The predicted molar refractivity (Wildman–Crippen MR) is 65.8 cm³/mol. The number of hydrogen-bond acceptors (Lipinski definition) is 6. The van der Waals surface area contributed by atoms with Crippen LogP contribution in [0.1, 0.15) is 26.5 Å². The smallest absolute Gasteiger partial charge is 0.257 e. The molecule has 7 heteroatoms. The van der Waals surface area contributed by atoms with Crippen LogP contribution in [0, 0.1) is 0 Å². The molecule has 17 heavy (non-hydrogen) atoms. The molecule has 0 saturated carbocycles. The molecule has 0 aromatic carbocycles. The molecule has 0 radical (unpaired) electrons. The van der Waals surface area contributed by atoms with Crippen molar-refractivity contribution in [2.45, 2.75) is 26.4 Å². The van der Waals surface area contributed by atoms with Gasteiger partial charge in [0.05, 0.1) is 0 Å². The van der Waals surface area contributed by atoms with Gasteiger partial charge in [-0.1, -0.05) is 5.16 Å².